The average Bonchev–Trinajstić information content (AvgIpc) is 2.76. The summed E-state index contributed by atoms with van der Waals surface area (Å²) in [5.41, 5.74) is 6.94. The fourth-order valence-electron chi connectivity index (χ4n) is 5.00. The van der Waals surface area contributed by atoms with E-state index in [4.69, 9.17) is 11.6 Å². The summed E-state index contributed by atoms with van der Waals surface area (Å²) in [5.74, 6) is -0.760. The SMILES string of the molecule is Cc1cc(C)c(C2CC3=C4C(=CC(=O)NCC4C2)C(Cl)=N3)c(C)c1C(=O)O. The van der Waals surface area contributed by atoms with Crippen molar-refractivity contribution in [3.05, 3.63) is 56.8 Å². The highest BCUT2D eigenvalue weighted by Crippen LogP contribution is 2.48. The molecule has 0 aromatic heterocycles. The van der Waals surface area contributed by atoms with Crippen LogP contribution in [0.1, 0.15) is 51.4 Å². The smallest absolute Gasteiger partial charge is 0.336 e. The van der Waals surface area contributed by atoms with Gasteiger partial charge in [-0.3, -0.25) is 4.79 Å². The van der Waals surface area contributed by atoms with Gasteiger partial charge in [-0.1, -0.05) is 17.7 Å². The Morgan fingerprint density at radius 1 is 1.26 bits per heavy atom. The van der Waals surface area contributed by atoms with Gasteiger partial charge in [0.15, 0.2) is 0 Å². The lowest BCUT2D eigenvalue weighted by molar-refractivity contribution is -0.116. The molecule has 2 aliphatic heterocycles. The zero-order chi connectivity index (χ0) is 19.5. The number of rotatable bonds is 2. The lowest BCUT2D eigenvalue weighted by atomic mass is 9.72. The Morgan fingerprint density at radius 2 is 2.00 bits per heavy atom. The quantitative estimate of drug-likeness (QED) is 0.814. The molecule has 6 heteroatoms. The molecular formula is C21H21ClN2O3. The molecule has 4 rings (SSSR count). The predicted molar refractivity (Wildman–Crippen MR) is 104 cm³/mol. The van der Waals surface area contributed by atoms with E-state index in [1.54, 1.807) is 6.08 Å². The molecule has 0 radical (unpaired) electrons. The van der Waals surface area contributed by atoms with Crippen LogP contribution in [0.3, 0.4) is 0 Å². The van der Waals surface area contributed by atoms with Gasteiger partial charge in [0.2, 0.25) is 5.91 Å². The Morgan fingerprint density at radius 3 is 2.70 bits per heavy atom. The van der Waals surface area contributed by atoms with E-state index in [0.717, 1.165) is 45.5 Å². The van der Waals surface area contributed by atoms with E-state index in [2.05, 4.69) is 10.3 Å². The van der Waals surface area contributed by atoms with Gasteiger partial charge in [-0.15, -0.1) is 0 Å². The summed E-state index contributed by atoms with van der Waals surface area (Å²) in [5, 5.41) is 13.0. The zero-order valence-electron chi connectivity index (χ0n) is 15.5. The first kappa shape index (κ1) is 18.0. The Balaban J connectivity index is 1.81. The maximum Gasteiger partial charge on any atom is 0.336 e. The summed E-state index contributed by atoms with van der Waals surface area (Å²) in [6.07, 6.45) is 3.08. The van der Waals surface area contributed by atoms with E-state index >= 15 is 0 Å². The molecule has 0 saturated heterocycles. The molecule has 1 aromatic rings. The summed E-state index contributed by atoms with van der Waals surface area (Å²) in [6, 6.07) is 1.96. The van der Waals surface area contributed by atoms with Gasteiger partial charge in [0.05, 0.1) is 5.56 Å². The summed E-state index contributed by atoms with van der Waals surface area (Å²) in [4.78, 5) is 28.3. The Hall–Kier alpha value is -2.40. The average molecular weight is 385 g/mol. The Bertz CT molecular complexity index is 988. The standard InChI is InChI=1S/C21H21ClN2O3/c1-9-4-10(2)18(21(26)27)11(3)17(9)12-5-13-8-23-16(25)7-14-19(13)15(6-12)24-20(14)22/h4,7,12-13H,5-6,8H2,1-3H3,(H,23,25)(H,26,27). The topological polar surface area (TPSA) is 78.8 Å². The Kier molecular flexibility index (Phi) is 4.22. The summed E-state index contributed by atoms with van der Waals surface area (Å²) >= 11 is 6.32. The number of carbonyl (C=O) groups is 2. The van der Waals surface area contributed by atoms with E-state index in [0.29, 0.717) is 23.7 Å². The molecule has 0 bridgehead atoms. The minimum atomic E-state index is -0.893. The first-order chi connectivity index (χ1) is 12.8. The van der Waals surface area contributed by atoms with Crippen molar-refractivity contribution < 1.29 is 14.7 Å². The molecule has 1 aromatic carbocycles. The highest BCUT2D eigenvalue weighted by Gasteiger charge is 2.39. The van der Waals surface area contributed by atoms with Crippen LogP contribution in [-0.4, -0.2) is 28.7 Å². The number of carboxylic acids is 1. The van der Waals surface area contributed by atoms with Crippen LogP contribution in [0.15, 0.2) is 34.0 Å². The molecule has 1 amide bonds. The van der Waals surface area contributed by atoms with Gasteiger partial charge >= 0.3 is 5.97 Å². The zero-order valence-corrected chi connectivity index (χ0v) is 16.3. The van der Waals surface area contributed by atoms with E-state index in [9.17, 15) is 14.7 Å². The number of benzene rings is 1. The van der Waals surface area contributed by atoms with Gasteiger partial charge in [0.1, 0.15) is 5.17 Å². The Labute approximate surface area is 162 Å². The largest absolute Gasteiger partial charge is 0.478 e. The minimum Gasteiger partial charge on any atom is -0.478 e. The molecule has 2 unspecified atom stereocenters. The number of aryl methyl sites for hydroxylation is 2. The van der Waals surface area contributed by atoms with Gasteiger partial charge in [0.25, 0.3) is 0 Å². The highest BCUT2D eigenvalue weighted by atomic mass is 35.5. The van der Waals surface area contributed by atoms with Crippen molar-refractivity contribution in [1.29, 1.82) is 0 Å². The number of carbonyl (C=O) groups excluding carboxylic acids is 1. The third kappa shape index (κ3) is 2.81. The minimum absolute atomic E-state index is 0.129. The van der Waals surface area contributed by atoms with Gasteiger partial charge < -0.3 is 10.4 Å². The van der Waals surface area contributed by atoms with Gasteiger partial charge in [-0.05, 0) is 67.4 Å². The van der Waals surface area contributed by atoms with Crippen LogP contribution in [0.25, 0.3) is 0 Å². The second kappa shape index (κ2) is 6.34. The molecule has 0 saturated carbocycles. The molecule has 5 nitrogen and oxygen atoms in total. The maximum absolute atomic E-state index is 12.0. The van der Waals surface area contributed by atoms with Crippen molar-refractivity contribution in [1.82, 2.24) is 5.32 Å². The number of allylic oxidation sites excluding steroid dienone is 2. The number of halogens is 1. The number of aliphatic imine (C=N–C) groups is 1. The van der Waals surface area contributed by atoms with Crippen LogP contribution in [0, 0.1) is 26.7 Å². The first-order valence-electron chi connectivity index (χ1n) is 9.09. The molecule has 3 aliphatic rings. The van der Waals surface area contributed by atoms with Crippen molar-refractivity contribution in [2.24, 2.45) is 10.9 Å². The number of aromatic carboxylic acids is 1. The molecule has 2 heterocycles. The summed E-state index contributed by atoms with van der Waals surface area (Å²) in [7, 11) is 0. The van der Waals surface area contributed by atoms with E-state index in [1.165, 1.54) is 0 Å². The first-order valence-corrected chi connectivity index (χ1v) is 9.47. The fourth-order valence-corrected chi connectivity index (χ4v) is 5.26. The van der Waals surface area contributed by atoms with Crippen molar-refractivity contribution in [3.63, 3.8) is 0 Å². The second-order valence-corrected chi connectivity index (χ2v) is 7.99. The van der Waals surface area contributed by atoms with Gasteiger partial charge in [-0.25, -0.2) is 9.79 Å². The molecule has 27 heavy (non-hydrogen) atoms. The second-order valence-electron chi connectivity index (χ2n) is 7.63. The van der Waals surface area contributed by atoms with E-state index in [-0.39, 0.29) is 17.7 Å². The number of nitrogens with one attached hydrogen (secondary N) is 1. The molecule has 140 valence electrons. The number of hydrogen-bond donors (Lipinski definition) is 2. The molecular weight excluding hydrogens is 364 g/mol. The van der Waals surface area contributed by atoms with E-state index in [1.807, 2.05) is 26.8 Å². The lowest BCUT2D eigenvalue weighted by Crippen LogP contribution is -2.29. The van der Waals surface area contributed by atoms with Crippen LogP contribution in [-0.2, 0) is 4.79 Å². The summed E-state index contributed by atoms with van der Waals surface area (Å²) in [6.45, 7) is 6.32. The monoisotopic (exact) mass is 384 g/mol. The van der Waals surface area contributed by atoms with Crippen LogP contribution in [0.2, 0.25) is 0 Å². The fraction of sp³-hybridized carbons (Fsp3) is 0.381. The van der Waals surface area contributed by atoms with Crippen molar-refractivity contribution in [2.45, 2.75) is 39.5 Å². The maximum atomic E-state index is 12.0. The normalized spacial score (nSPS) is 24.1. The highest BCUT2D eigenvalue weighted by molar-refractivity contribution is 6.71. The van der Waals surface area contributed by atoms with Crippen LogP contribution in [0.4, 0.5) is 0 Å². The molecule has 2 N–H and O–H groups in total. The molecule has 0 spiro atoms. The van der Waals surface area contributed by atoms with Crippen LogP contribution < -0.4 is 5.32 Å². The van der Waals surface area contributed by atoms with Gasteiger partial charge in [0, 0.05) is 29.8 Å². The van der Waals surface area contributed by atoms with Crippen LogP contribution in [0.5, 0.6) is 0 Å². The molecule has 2 atom stereocenters. The summed E-state index contributed by atoms with van der Waals surface area (Å²) < 4.78 is 0. The number of carboxylic acid groups (broad SMARTS) is 1. The third-order valence-electron chi connectivity index (χ3n) is 5.92. The van der Waals surface area contributed by atoms with Crippen LogP contribution >= 0.6 is 11.6 Å². The number of nitrogens with zero attached hydrogens (tertiary/aromatic N) is 1. The molecule has 1 aliphatic carbocycles. The predicted octanol–water partition coefficient (Wildman–Crippen LogP) is 3.76. The lowest BCUT2D eigenvalue weighted by Gasteiger charge is -2.32. The van der Waals surface area contributed by atoms with Gasteiger partial charge in [-0.2, -0.15) is 0 Å². The number of amides is 1. The molecule has 0 fully saturated rings. The number of hydrogen-bond acceptors (Lipinski definition) is 3. The van der Waals surface area contributed by atoms with Crippen molar-refractivity contribution in [3.8, 4) is 0 Å². The van der Waals surface area contributed by atoms with Crippen molar-refractivity contribution in [2.75, 3.05) is 6.54 Å². The van der Waals surface area contributed by atoms with Crippen molar-refractivity contribution >= 4 is 28.6 Å². The van der Waals surface area contributed by atoms with E-state index < -0.39 is 5.97 Å². The third-order valence-corrected chi connectivity index (χ3v) is 6.21.